The number of amides is 1. The average Bonchev–Trinajstić information content (AvgIpc) is 3.15. The first-order valence-corrected chi connectivity index (χ1v) is 11.7. The van der Waals surface area contributed by atoms with Crippen LogP contribution in [0.1, 0.15) is 39.7 Å². The number of hydrogen-bond acceptors (Lipinski definition) is 5. The maximum atomic E-state index is 13.4. The molecule has 0 bridgehead atoms. The van der Waals surface area contributed by atoms with Gasteiger partial charge in [0.1, 0.15) is 10.8 Å². The number of benzene rings is 2. The van der Waals surface area contributed by atoms with Crippen molar-refractivity contribution in [3.8, 4) is 5.75 Å². The molecule has 2 aromatic carbocycles. The van der Waals surface area contributed by atoms with Gasteiger partial charge in [0.2, 0.25) is 0 Å². The third-order valence-electron chi connectivity index (χ3n) is 5.82. The van der Waals surface area contributed by atoms with Crippen molar-refractivity contribution in [2.75, 3.05) is 31.4 Å². The van der Waals surface area contributed by atoms with Crippen LogP contribution in [0.25, 0.3) is 0 Å². The summed E-state index contributed by atoms with van der Waals surface area (Å²) in [6.07, 6.45) is 4.85. The predicted octanol–water partition coefficient (Wildman–Crippen LogP) is 5.95. The lowest BCUT2D eigenvalue weighted by Gasteiger charge is -2.18. The Balaban J connectivity index is 1.67. The van der Waals surface area contributed by atoms with Crippen molar-refractivity contribution in [3.05, 3.63) is 70.1 Å². The van der Waals surface area contributed by atoms with Crippen LogP contribution in [-0.4, -0.2) is 33.3 Å². The normalized spacial score (nSPS) is 15.4. The summed E-state index contributed by atoms with van der Waals surface area (Å²) in [5.74, 6) is 1.14. The van der Waals surface area contributed by atoms with Gasteiger partial charge in [0, 0.05) is 30.9 Å². The van der Waals surface area contributed by atoms with E-state index in [1.807, 2.05) is 56.7 Å². The fraction of sp³-hybridized carbons (Fsp3) is 0.308. The smallest absolute Gasteiger partial charge is 0.259 e. The lowest BCUT2D eigenvalue weighted by molar-refractivity contribution is 0.102. The van der Waals surface area contributed by atoms with E-state index in [9.17, 15) is 4.79 Å². The summed E-state index contributed by atoms with van der Waals surface area (Å²) in [6.45, 7) is 2.27. The van der Waals surface area contributed by atoms with Crippen LogP contribution in [0, 0.1) is 5.92 Å². The van der Waals surface area contributed by atoms with Gasteiger partial charge in [-0.3, -0.25) is 4.79 Å². The SMILES string of the molecule is COc1ccccc1NC(=O)c1c(/N=C/c2ccc(N(C)C)cc2)sc2c1CCC(C)C2. The molecule has 1 amide bonds. The molecule has 1 atom stereocenters. The Morgan fingerprint density at radius 2 is 1.94 bits per heavy atom. The van der Waals surface area contributed by atoms with Crippen LogP contribution in [0.4, 0.5) is 16.4 Å². The van der Waals surface area contributed by atoms with Crippen LogP contribution in [0.3, 0.4) is 0 Å². The highest BCUT2D eigenvalue weighted by Gasteiger charge is 2.27. The highest BCUT2D eigenvalue weighted by atomic mass is 32.1. The molecular formula is C26H29N3O2S. The van der Waals surface area contributed by atoms with Gasteiger partial charge in [-0.1, -0.05) is 31.2 Å². The number of para-hydroxylation sites is 2. The lowest BCUT2D eigenvalue weighted by atomic mass is 9.88. The van der Waals surface area contributed by atoms with Gasteiger partial charge in [-0.25, -0.2) is 4.99 Å². The number of aliphatic imine (C=N–C) groups is 1. The van der Waals surface area contributed by atoms with Gasteiger partial charge in [-0.2, -0.15) is 0 Å². The average molecular weight is 448 g/mol. The number of carbonyl (C=O) groups excluding carboxylic acids is 1. The van der Waals surface area contributed by atoms with Crippen LogP contribution in [-0.2, 0) is 12.8 Å². The van der Waals surface area contributed by atoms with Crippen LogP contribution < -0.4 is 15.0 Å². The van der Waals surface area contributed by atoms with Crippen LogP contribution in [0.2, 0.25) is 0 Å². The summed E-state index contributed by atoms with van der Waals surface area (Å²) in [5.41, 5.74) is 4.66. The van der Waals surface area contributed by atoms with Crippen molar-refractivity contribution >= 4 is 39.8 Å². The van der Waals surface area contributed by atoms with E-state index in [0.29, 0.717) is 22.9 Å². The maximum absolute atomic E-state index is 13.4. The molecule has 0 aliphatic heterocycles. The van der Waals surface area contributed by atoms with E-state index in [0.717, 1.165) is 41.1 Å². The van der Waals surface area contributed by atoms with Crippen molar-refractivity contribution in [3.63, 3.8) is 0 Å². The van der Waals surface area contributed by atoms with Gasteiger partial charge in [-0.15, -0.1) is 11.3 Å². The van der Waals surface area contributed by atoms with Gasteiger partial charge >= 0.3 is 0 Å². The first kappa shape index (κ1) is 22.1. The minimum atomic E-state index is -0.128. The van der Waals surface area contributed by atoms with Crippen LogP contribution in [0.15, 0.2) is 53.5 Å². The van der Waals surface area contributed by atoms with Gasteiger partial charge in [0.05, 0.1) is 18.4 Å². The molecule has 1 aromatic heterocycles. The number of nitrogens with zero attached hydrogens (tertiary/aromatic N) is 2. The Bertz CT molecular complexity index is 1130. The summed E-state index contributed by atoms with van der Waals surface area (Å²) in [5, 5.41) is 3.82. The summed E-state index contributed by atoms with van der Waals surface area (Å²) >= 11 is 1.64. The van der Waals surface area contributed by atoms with Crippen molar-refractivity contribution in [2.24, 2.45) is 10.9 Å². The quantitative estimate of drug-likeness (QED) is 0.475. The molecule has 5 nitrogen and oxygen atoms in total. The Morgan fingerprint density at radius 1 is 1.19 bits per heavy atom. The number of rotatable bonds is 6. The first-order chi connectivity index (χ1) is 15.5. The van der Waals surface area contributed by atoms with Crippen molar-refractivity contribution in [1.29, 1.82) is 0 Å². The van der Waals surface area contributed by atoms with Gasteiger partial charge in [0.25, 0.3) is 5.91 Å². The van der Waals surface area contributed by atoms with Crippen LogP contribution >= 0.6 is 11.3 Å². The van der Waals surface area contributed by atoms with Gasteiger partial charge in [-0.05, 0) is 60.6 Å². The summed E-state index contributed by atoms with van der Waals surface area (Å²) in [6, 6.07) is 15.7. The molecule has 1 N–H and O–H groups in total. The number of thiophene rings is 1. The van der Waals surface area contributed by atoms with E-state index < -0.39 is 0 Å². The zero-order valence-electron chi connectivity index (χ0n) is 19.0. The maximum Gasteiger partial charge on any atom is 0.259 e. The number of methoxy groups -OCH3 is 1. The number of hydrogen-bond donors (Lipinski definition) is 1. The highest BCUT2D eigenvalue weighted by Crippen LogP contribution is 2.41. The summed E-state index contributed by atoms with van der Waals surface area (Å²) in [7, 11) is 5.65. The molecule has 6 heteroatoms. The molecule has 1 aliphatic rings. The van der Waals surface area contributed by atoms with E-state index in [1.54, 1.807) is 18.4 Å². The molecule has 0 radical (unpaired) electrons. The molecule has 32 heavy (non-hydrogen) atoms. The monoisotopic (exact) mass is 447 g/mol. The Labute approximate surface area is 193 Å². The molecule has 4 rings (SSSR count). The molecule has 0 saturated carbocycles. The number of nitrogens with one attached hydrogen (secondary N) is 1. The van der Waals surface area contributed by atoms with Crippen molar-refractivity contribution < 1.29 is 9.53 Å². The van der Waals surface area contributed by atoms with Gasteiger partial charge in [0.15, 0.2) is 0 Å². The topological polar surface area (TPSA) is 53.9 Å². The molecule has 0 spiro atoms. The Hall–Kier alpha value is -3.12. The zero-order valence-corrected chi connectivity index (χ0v) is 19.8. The second-order valence-electron chi connectivity index (χ2n) is 8.43. The van der Waals surface area contributed by atoms with E-state index in [2.05, 4.69) is 29.3 Å². The molecule has 1 unspecified atom stereocenters. The third-order valence-corrected chi connectivity index (χ3v) is 6.98. The molecule has 1 aliphatic carbocycles. The Morgan fingerprint density at radius 3 is 2.66 bits per heavy atom. The zero-order chi connectivity index (χ0) is 22.7. The van der Waals surface area contributed by atoms with Crippen molar-refractivity contribution in [2.45, 2.75) is 26.2 Å². The molecule has 3 aromatic rings. The highest BCUT2D eigenvalue weighted by molar-refractivity contribution is 7.16. The molecule has 166 valence electrons. The second-order valence-corrected chi connectivity index (χ2v) is 9.51. The van der Waals surface area contributed by atoms with Crippen LogP contribution in [0.5, 0.6) is 5.75 Å². The van der Waals surface area contributed by atoms with E-state index >= 15 is 0 Å². The van der Waals surface area contributed by atoms with Gasteiger partial charge < -0.3 is 15.0 Å². The minimum absolute atomic E-state index is 0.128. The number of carbonyl (C=O) groups is 1. The molecular weight excluding hydrogens is 418 g/mol. The fourth-order valence-corrected chi connectivity index (χ4v) is 5.34. The Kier molecular flexibility index (Phi) is 6.61. The summed E-state index contributed by atoms with van der Waals surface area (Å²) < 4.78 is 5.41. The van der Waals surface area contributed by atoms with E-state index in [4.69, 9.17) is 9.73 Å². The summed E-state index contributed by atoms with van der Waals surface area (Å²) in [4.78, 5) is 21.5. The number of anilines is 2. The first-order valence-electron chi connectivity index (χ1n) is 10.9. The molecule has 0 saturated heterocycles. The number of ether oxygens (including phenoxy) is 1. The molecule has 1 heterocycles. The standard InChI is InChI=1S/C26H29N3O2S/c1-17-9-14-20-23(15-17)32-26(27-16-18-10-12-19(13-11-18)29(2)3)24(20)25(30)28-21-7-5-6-8-22(21)31-4/h5-8,10-13,16-17H,9,14-15H2,1-4H3,(H,28,30)/b27-16+. The molecule has 0 fully saturated rings. The fourth-order valence-electron chi connectivity index (χ4n) is 3.99. The third kappa shape index (κ3) is 4.70. The largest absolute Gasteiger partial charge is 0.495 e. The van der Waals surface area contributed by atoms with Crippen molar-refractivity contribution in [1.82, 2.24) is 0 Å². The van der Waals surface area contributed by atoms with E-state index in [1.165, 1.54) is 4.88 Å². The number of fused-ring (bicyclic) bond motifs is 1. The lowest BCUT2D eigenvalue weighted by Crippen LogP contribution is -2.17. The minimum Gasteiger partial charge on any atom is -0.495 e. The second kappa shape index (κ2) is 9.57. The predicted molar refractivity (Wildman–Crippen MR) is 134 cm³/mol. The van der Waals surface area contributed by atoms with E-state index in [-0.39, 0.29) is 5.91 Å².